The van der Waals surface area contributed by atoms with E-state index in [0.29, 0.717) is 0 Å². The number of hydrogen-bond acceptors (Lipinski definition) is 3. The van der Waals surface area contributed by atoms with Crippen molar-refractivity contribution in [3.63, 3.8) is 0 Å². The molecule has 0 unspecified atom stereocenters. The third kappa shape index (κ3) is 3.47. The summed E-state index contributed by atoms with van der Waals surface area (Å²) in [6, 6.07) is 12.4. The molecule has 3 nitrogen and oxygen atoms in total. The third-order valence-corrected chi connectivity index (χ3v) is 4.94. The van der Waals surface area contributed by atoms with Crippen molar-refractivity contribution in [3.8, 4) is 0 Å². The normalized spacial score (nSPS) is 11.5. The minimum atomic E-state index is 0.731. The summed E-state index contributed by atoms with van der Waals surface area (Å²) in [5.41, 5.74) is 1.97. The van der Waals surface area contributed by atoms with Crippen LogP contribution >= 0.6 is 11.6 Å². The highest BCUT2D eigenvalue weighted by Gasteiger charge is 2.09. The van der Waals surface area contributed by atoms with Gasteiger partial charge in [-0.25, -0.2) is 0 Å². The van der Waals surface area contributed by atoms with E-state index in [1.165, 1.54) is 0 Å². The van der Waals surface area contributed by atoms with Crippen LogP contribution in [0.4, 0.5) is 5.69 Å². The number of benzene rings is 2. The number of anilines is 1. The Labute approximate surface area is 148 Å². The van der Waals surface area contributed by atoms with Gasteiger partial charge in [0.15, 0.2) is 0 Å². The van der Waals surface area contributed by atoms with E-state index >= 15 is 0 Å². The van der Waals surface area contributed by atoms with Crippen LogP contribution in [0.5, 0.6) is 0 Å². The number of pyridine rings is 1. The molecule has 2 aromatic carbocycles. The van der Waals surface area contributed by atoms with Crippen LogP contribution in [0, 0.1) is 0 Å². The van der Waals surface area contributed by atoms with E-state index in [1.807, 2.05) is 30.5 Å². The predicted molar refractivity (Wildman–Crippen MR) is 105 cm³/mol. The molecule has 0 bridgehead atoms. The standard InChI is InChI=1S/C20H24ClN3/c1-3-24(4-2)13-7-11-22-18-10-12-23-20-17(18)14-15-8-5-6-9-16(15)19(20)21/h5-6,8-10,12,14H,3-4,7,11,13H2,1-2H3,(H,22,23). The molecule has 126 valence electrons. The summed E-state index contributed by atoms with van der Waals surface area (Å²) >= 11 is 6.59. The number of nitrogens with one attached hydrogen (secondary N) is 1. The topological polar surface area (TPSA) is 28.2 Å². The maximum absolute atomic E-state index is 6.59. The predicted octanol–water partition coefficient (Wildman–Crippen LogP) is 5.19. The highest BCUT2D eigenvalue weighted by Crippen LogP contribution is 2.34. The van der Waals surface area contributed by atoms with Gasteiger partial charge in [0.1, 0.15) is 0 Å². The first kappa shape index (κ1) is 17.0. The van der Waals surface area contributed by atoms with E-state index in [4.69, 9.17) is 11.6 Å². The van der Waals surface area contributed by atoms with E-state index in [2.05, 4.69) is 41.2 Å². The van der Waals surface area contributed by atoms with Gasteiger partial charge in [0.05, 0.1) is 10.5 Å². The van der Waals surface area contributed by atoms with E-state index in [0.717, 1.165) is 65.0 Å². The summed E-state index contributed by atoms with van der Waals surface area (Å²) < 4.78 is 0. The number of nitrogens with zero attached hydrogens (tertiary/aromatic N) is 2. The van der Waals surface area contributed by atoms with Gasteiger partial charge in [-0.3, -0.25) is 4.98 Å². The average molecular weight is 342 g/mol. The lowest BCUT2D eigenvalue weighted by Gasteiger charge is -2.18. The Kier molecular flexibility index (Phi) is 5.54. The van der Waals surface area contributed by atoms with Gasteiger partial charge in [-0.05, 0) is 43.6 Å². The fourth-order valence-electron chi connectivity index (χ4n) is 3.12. The second-order valence-electron chi connectivity index (χ2n) is 5.97. The van der Waals surface area contributed by atoms with Crippen molar-refractivity contribution >= 4 is 39.0 Å². The third-order valence-electron chi connectivity index (χ3n) is 4.56. The molecule has 0 spiro atoms. The summed E-state index contributed by atoms with van der Waals surface area (Å²) in [4.78, 5) is 6.94. The lowest BCUT2D eigenvalue weighted by molar-refractivity contribution is 0.303. The van der Waals surface area contributed by atoms with Crippen LogP contribution < -0.4 is 5.32 Å². The van der Waals surface area contributed by atoms with Gasteiger partial charge < -0.3 is 10.2 Å². The molecule has 0 fully saturated rings. The highest BCUT2D eigenvalue weighted by atomic mass is 35.5. The van der Waals surface area contributed by atoms with E-state index in [-0.39, 0.29) is 0 Å². The molecule has 0 saturated heterocycles. The van der Waals surface area contributed by atoms with Gasteiger partial charge in [-0.2, -0.15) is 0 Å². The van der Waals surface area contributed by atoms with Crippen LogP contribution in [0.25, 0.3) is 21.7 Å². The summed E-state index contributed by atoms with van der Waals surface area (Å²) in [6.07, 6.45) is 2.95. The number of halogens is 1. The van der Waals surface area contributed by atoms with Crippen molar-refractivity contribution < 1.29 is 0 Å². The number of hydrogen-bond donors (Lipinski definition) is 1. The average Bonchev–Trinajstić information content (AvgIpc) is 2.62. The Morgan fingerprint density at radius 2 is 1.88 bits per heavy atom. The van der Waals surface area contributed by atoms with Gasteiger partial charge in [0, 0.05) is 29.2 Å². The first-order valence-electron chi connectivity index (χ1n) is 8.66. The Morgan fingerprint density at radius 3 is 2.67 bits per heavy atom. The second kappa shape index (κ2) is 7.82. The van der Waals surface area contributed by atoms with Crippen molar-refractivity contribution in [1.82, 2.24) is 9.88 Å². The molecule has 4 heteroatoms. The molecular formula is C20H24ClN3. The van der Waals surface area contributed by atoms with Crippen LogP contribution in [0.3, 0.4) is 0 Å². The molecule has 0 aliphatic carbocycles. The lowest BCUT2D eigenvalue weighted by Crippen LogP contribution is -2.25. The quantitative estimate of drug-likeness (QED) is 0.473. The van der Waals surface area contributed by atoms with Gasteiger partial charge in [-0.1, -0.05) is 49.7 Å². The molecule has 0 aliphatic rings. The lowest BCUT2D eigenvalue weighted by atomic mass is 10.1. The Hall–Kier alpha value is -1.84. The molecule has 0 radical (unpaired) electrons. The zero-order valence-corrected chi connectivity index (χ0v) is 15.1. The van der Waals surface area contributed by atoms with Crippen LogP contribution in [-0.4, -0.2) is 36.1 Å². The van der Waals surface area contributed by atoms with E-state index in [1.54, 1.807) is 0 Å². The summed E-state index contributed by atoms with van der Waals surface area (Å²) in [5, 5.41) is 7.58. The van der Waals surface area contributed by atoms with Crippen molar-refractivity contribution in [3.05, 3.63) is 47.6 Å². The van der Waals surface area contributed by atoms with Crippen molar-refractivity contribution in [2.24, 2.45) is 0 Å². The highest BCUT2D eigenvalue weighted by molar-refractivity contribution is 6.40. The van der Waals surface area contributed by atoms with Crippen molar-refractivity contribution in [1.29, 1.82) is 0 Å². The molecule has 24 heavy (non-hydrogen) atoms. The first-order valence-corrected chi connectivity index (χ1v) is 9.04. The molecule has 1 N–H and O–H groups in total. The molecule has 1 aromatic heterocycles. The number of rotatable bonds is 7. The molecule has 0 atom stereocenters. The fraction of sp³-hybridized carbons (Fsp3) is 0.350. The monoisotopic (exact) mass is 341 g/mol. The smallest absolute Gasteiger partial charge is 0.0915 e. The van der Waals surface area contributed by atoms with Crippen LogP contribution in [0.15, 0.2) is 42.6 Å². The number of fused-ring (bicyclic) bond motifs is 2. The van der Waals surface area contributed by atoms with Crippen LogP contribution in [-0.2, 0) is 0 Å². The molecule has 3 aromatic rings. The molecular weight excluding hydrogens is 318 g/mol. The van der Waals surface area contributed by atoms with E-state index < -0.39 is 0 Å². The molecule has 0 amide bonds. The maximum atomic E-state index is 6.59. The largest absolute Gasteiger partial charge is 0.384 e. The Balaban J connectivity index is 1.83. The second-order valence-corrected chi connectivity index (χ2v) is 6.35. The first-order chi connectivity index (χ1) is 11.7. The zero-order chi connectivity index (χ0) is 16.9. The van der Waals surface area contributed by atoms with Crippen molar-refractivity contribution in [2.45, 2.75) is 20.3 Å². The van der Waals surface area contributed by atoms with Gasteiger partial charge >= 0.3 is 0 Å². The summed E-state index contributed by atoms with van der Waals surface area (Å²) in [7, 11) is 0. The fourth-order valence-corrected chi connectivity index (χ4v) is 3.44. The Morgan fingerprint density at radius 1 is 1.08 bits per heavy atom. The summed E-state index contributed by atoms with van der Waals surface area (Å²) in [6.45, 7) is 8.69. The molecule has 0 aliphatic heterocycles. The van der Waals surface area contributed by atoms with Gasteiger partial charge in [0.25, 0.3) is 0 Å². The van der Waals surface area contributed by atoms with Crippen molar-refractivity contribution in [2.75, 3.05) is 31.5 Å². The maximum Gasteiger partial charge on any atom is 0.0915 e. The van der Waals surface area contributed by atoms with Gasteiger partial charge in [0.2, 0.25) is 0 Å². The minimum Gasteiger partial charge on any atom is -0.384 e. The van der Waals surface area contributed by atoms with Crippen LogP contribution in [0.2, 0.25) is 5.02 Å². The number of aromatic nitrogens is 1. The SMILES string of the molecule is CCN(CC)CCCNc1ccnc2c(Cl)c3ccccc3cc12. The Bertz CT molecular complexity index is 828. The molecule has 3 rings (SSSR count). The van der Waals surface area contributed by atoms with Crippen LogP contribution in [0.1, 0.15) is 20.3 Å². The summed E-state index contributed by atoms with van der Waals surface area (Å²) in [5.74, 6) is 0. The van der Waals surface area contributed by atoms with Gasteiger partial charge in [-0.15, -0.1) is 0 Å². The molecule has 1 heterocycles. The minimum absolute atomic E-state index is 0.731. The van der Waals surface area contributed by atoms with E-state index in [9.17, 15) is 0 Å². The zero-order valence-electron chi connectivity index (χ0n) is 14.3. The molecule has 0 saturated carbocycles.